The fourth-order valence-corrected chi connectivity index (χ4v) is 5.84. The van der Waals surface area contributed by atoms with Crippen LogP contribution < -0.4 is 0 Å². The van der Waals surface area contributed by atoms with Gasteiger partial charge in [0.15, 0.2) is 0 Å². The van der Waals surface area contributed by atoms with Gasteiger partial charge in [-0.25, -0.2) is 8.70 Å². The molecule has 0 radical (unpaired) electrons. The largest absolute Gasteiger partial charge is 0.306 e. The highest BCUT2D eigenvalue weighted by atomic mass is 32.2. The number of allylic oxidation sites excluding steroid dienone is 5. The van der Waals surface area contributed by atoms with Gasteiger partial charge in [-0.3, -0.25) is 4.99 Å². The highest BCUT2D eigenvalue weighted by Crippen LogP contribution is 2.46. The molecular weight excluding hydrogens is 369 g/mol. The molecule has 1 unspecified atom stereocenters. The van der Waals surface area contributed by atoms with Crippen molar-refractivity contribution in [2.75, 3.05) is 26.7 Å². The maximum atomic E-state index is 13.5. The molecule has 3 aliphatic heterocycles. The van der Waals surface area contributed by atoms with Crippen molar-refractivity contribution in [3.05, 3.63) is 59.1 Å². The number of fused-ring (bicyclic) bond motifs is 2. The van der Waals surface area contributed by atoms with E-state index in [4.69, 9.17) is 0 Å². The molecule has 4 aliphatic rings. The molecule has 0 saturated carbocycles. The van der Waals surface area contributed by atoms with Gasteiger partial charge in [-0.2, -0.15) is 0 Å². The monoisotopic (exact) mass is 395 g/mol. The average Bonchev–Trinajstić information content (AvgIpc) is 3.24. The highest BCUT2D eigenvalue weighted by molar-refractivity contribution is 7.97. The molecule has 1 saturated heterocycles. The summed E-state index contributed by atoms with van der Waals surface area (Å²) in [6, 6.07) is 7.18. The molecule has 0 bridgehead atoms. The van der Waals surface area contributed by atoms with E-state index < -0.39 is 0 Å². The number of likely N-dealkylation sites (tertiary alicyclic amines) is 1. The molecule has 0 amide bonds. The minimum Gasteiger partial charge on any atom is -0.306 e. The Labute approximate surface area is 170 Å². The lowest BCUT2D eigenvalue weighted by molar-refractivity contribution is 0.191. The standard InChI is InChI=1S/C23H26FN3S/c1-15-20-11-17(21-13-25-22-12-18(24)4-5-19(21)22)3-6-23(20)28-27(15)14-16-7-9-26(2)10-8-16/h3-6,11,13,15-16H,7-10,12,14H2,1-2H3. The fourth-order valence-electron chi connectivity index (χ4n) is 4.57. The van der Waals surface area contributed by atoms with Gasteiger partial charge >= 0.3 is 0 Å². The Balaban J connectivity index is 1.34. The van der Waals surface area contributed by atoms with E-state index in [1.54, 1.807) is 6.08 Å². The summed E-state index contributed by atoms with van der Waals surface area (Å²) in [6.07, 6.45) is 8.25. The molecule has 1 aromatic carbocycles. The predicted molar refractivity (Wildman–Crippen MR) is 115 cm³/mol. The summed E-state index contributed by atoms with van der Waals surface area (Å²) in [4.78, 5) is 8.27. The van der Waals surface area contributed by atoms with Gasteiger partial charge in [-0.15, -0.1) is 0 Å². The van der Waals surface area contributed by atoms with Crippen LogP contribution in [0, 0.1) is 5.92 Å². The summed E-state index contributed by atoms with van der Waals surface area (Å²) in [5, 5.41) is 0. The van der Waals surface area contributed by atoms with E-state index in [1.807, 2.05) is 24.2 Å². The average molecular weight is 396 g/mol. The van der Waals surface area contributed by atoms with Crippen molar-refractivity contribution in [1.82, 2.24) is 9.21 Å². The molecule has 0 spiro atoms. The second kappa shape index (κ2) is 7.29. The van der Waals surface area contributed by atoms with Crippen molar-refractivity contribution in [2.24, 2.45) is 10.9 Å². The van der Waals surface area contributed by atoms with E-state index >= 15 is 0 Å². The Morgan fingerprint density at radius 1 is 1.18 bits per heavy atom. The quantitative estimate of drug-likeness (QED) is 0.640. The Hall–Kier alpha value is -1.69. The maximum absolute atomic E-state index is 13.5. The van der Waals surface area contributed by atoms with Crippen LogP contribution in [0.25, 0.3) is 5.57 Å². The lowest BCUT2D eigenvalue weighted by Crippen LogP contribution is -2.34. The van der Waals surface area contributed by atoms with Crippen LogP contribution in [0.1, 0.15) is 43.4 Å². The maximum Gasteiger partial charge on any atom is 0.106 e. The van der Waals surface area contributed by atoms with Gasteiger partial charge in [0.05, 0.1) is 5.71 Å². The number of aliphatic imine (C=N–C) groups is 1. The first-order valence-electron chi connectivity index (χ1n) is 10.2. The van der Waals surface area contributed by atoms with Crippen molar-refractivity contribution in [3.63, 3.8) is 0 Å². The number of piperidine rings is 1. The molecule has 3 heterocycles. The van der Waals surface area contributed by atoms with Crippen molar-refractivity contribution < 1.29 is 4.39 Å². The minimum atomic E-state index is -0.110. The molecule has 28 heavy (non-hydrogen) atoms. The second-order valence-electron chi connectivity index (χ2n) is 8.36. The number of rotatable bonds is 3. The number of benzene rings is 1. The first-order valence-corrected chi connectivity index (χ1v) is 11.0. The number of hydrogen-bond acceptors (Lipinski definition) is 4. The predicted octanol–water partition coefficient (Wildman–Crippen LogP) is 5.39. The van der Waals surface area contributed by atoms with Crippen LogP contribution in [0.2, 0.25) is 0 Å². The zero-order valence-corrected chi connectivity index (χ0v) is 17.3. The molecule has 5 rings (SSSR count). The van der Waals surface area contributed by atoms with Gasteiger partial charge in [-0.1, -0.05) is 6.07 Å². The SMILES string of the molecule is CC1c2cc(C3=CN=C4CC(F)=CC=C34)ccc2SN1CC1CCN(C)CC1. The van der Waals surface area contributed by atoms with E-state index in [1.165, 1.54) is 42.0 Å². The molecule has 1 atom stereocenters. The van der Waals surface area contributed by atoms with Gasteiger partial charge in [0.2, 0.25) is 0 Å². The summed E-state index contributed by atoms with van der Waals surface area (Å²) in [5.41, 5.74) is 5.63. The normalized spacial score (nSPS) is 25.8. The summed E-state index contributed by atoms with van der Waals surface area (Å²) >= 11 is 1.91. The van der Waals surface area contributed by atoms with E-state index in [-0.39, 0.29) is 5.83 Å². The van der Waals surface area contributed by atoms with Crippen LogP contribution in [-0.2, 0) is 0 Å². The first kappa shape index (κ1) is 18.3. The molecule has 146 valence electrons. The van der Waals surface area contributed by atoms with Crippen molar-refractivity contribution in [2.45, 2.75) is 37.1 Å². The van der Waals surface area contributed by atoms with Crippen LogP contribution in [-0.4, -0.2) is 41.6 Å². The lowest BCUT2D eigenvalue weighted by atomic mass is 9.91. The third-order valence-electron chi connectivity index (χ3n) is 6.41. The van der Waals surface area contributed by atoms with Gasteiger partial charge < -0.3 is 4.90 Å². The third kappa shape index (κ3) is 3.30. The third-order valence-corrected chi connectivity index (χ3v) is 7.68. The van der Waals surface area contributed by atoms with E-state index in [9.17, 15) is 4.39 Å². The number of nitrogens with zero attached hydrogens (tertiary/aromatic N) is 3. The van der Waals surface area contributed by atoms with Crippen LogP contribution >= 0.6 is 11.9 Å². The van der Waals surface area contributed by atoms with Crippen LogP contribution in [0.3, 0.4) is 0 Å². The molecule has 1 aromatic rings. The van der Waals surface area contributed by atoms with Crippen molar-refractivity contribution >= 4 is 23.2 Å². The summed E-state index contributed by atoms with van der Waals surface area (Å²) in [6.45, 7) is 5.92. The highest BCUT2D eigenvalue weighted by Gasteiger charge is 2.32. The zero-order chi connectivity index (χ0) is 19.3. The molecule has 0 N–H and O–H groups in total. The van der Waals surface area contributed by atoms with E-state index in [0.29, 0.717) is 12.5 Å². The molecule has 1 fully saturated rings. The number of halogens is 1. The minimum absolute atomic E-state index is 0.110. The number of hydrogen-bond donors (Lipinski definition) is 0. The van der Waals surface area contributed by atoms with Gasteiger partial charge in [-0.05, 0) is 93.2 Å². The van der Waals surface area contributed by atoms with Gasteiger partial charge in [0, 0.05) is 41.2 Å². The van der Waals surface area contributed by atoms with Gasteiger partial charge in [0.1, 0.15) is 5.83 Å². The van der Waals surface area contributed by atoms with Crippen molar-refractivity contribution in [1.29, 1.82) is 0 Å². The Kier molecular flexibility index (Phi) is 4.77. The second-order valence-corrected chi connectivity index (χ2v) is 9.45. The molecule has 3 nitrogen and oxygen atoms in total. The fraction of sp³-hybridized carbons (Fsp3) is 0.435. The summed E-state index contributed by atoms with van der Waals surface area (Å²) in [5.74, 6) is 0.684. The van der Waals surface area contributed by atoms with Crippen molar-refractivity contribution in [3.8, 4) is 0 Å². The van der Waals surface area contributed by atoms with Crippen LogP contribution in [0.4, 0.5) is 4.39 Å². The molecule has 5 heteroatoms. The Morgan fingerprint density at radius 2 is 2.00 bits per heavy atom. The molecular formula is C23H26FN3S. The summed E-state index contributed by atoms with van der Waals surface area (Å²) in [7, 11) is 2.22. The lowest BCUT2D eigenvalue weighted by Gasteiger charge is -2.32. The zero-order valence-electron chi connectivity index (χ0n) is 16.5. The van der Waals surface area contributed by atoms with Crippen LogP contribution in [0.5, 0.6) is 0 Å². The summed E-state index contributed by atoms with van der Waals surface area (Å²) < 4.78 is 16.1. The van der Waals surface area contributed by atoms with Crippen LogP contribution in [0.15, 0.2) is 57.8 Å². The molecule has 0 aromatic heterocycles. The first-order chi connectivity index (χ1) is 13.6. The topological polar surface area (TPSA) is 18.8 Å². The van der Waals surface area contributed by atoms with E-state index in [2.05, 4.69) is 46.4 Å². The van der Waals surface area contributed by atoms with Gasteiger partial charge in [0.25, 0.3) is 0 Å². The Bertz CT molecular complexity index is 922. The smallest absolute Gasteiger partial charge is 0.106 e. The Morgan fingerprint density at radius 3 is 2.82 bits per heavy atom. The molecule has 1 aliphatic carbocycles. The van der Waals surface area contributed by atoms with E-state index in [0.717, 1.165) is 29.3 Å².